The van der Waals surface area contributed by atoms with Gasteiger partial charge in [-0.2, -0.15) is 0 Å². The van der Waals surface area contributed by atoms with Crippen molar-refractivity contribution in [3.63, 3.8) is 0 Å². The maximum absolute atomic E-state index is 14.6. The van der Waals surface area contributed by atoms with Crippen LogP contribution in [0.3, 0.4) is 0 Å². The maximum atomic E-state index is 14.6. The molecule has 0 radical (unpaired) electrons. The number of rotatable bonds is 39. The third-order valence-corrected chi connectivity index (χ3v) is 15.2. The molecule has 2 fully saturated rings. The number of aliphatic imine (C=N–C) groups is 1. The van der Waals surface area contributed by atoms with E-state index in [9.17, 15) is 108 Å². The van der Waals surface area contributed by atoms with Gasteiger partial charge in [0.25, 0.3) is 0 Å². The predicted octanol–water partition coefficient (Wildman–Crippen LogP) is -11.9. The van der Waals surface area contributed by atoms with Crippen molar-refractivity contribution in [3.05, 3.63) is 29.8 Å². The summed E-state index contributed by atoms with van der Waals surface area (Å²) in [5.41, 5.74) is 27.8. The molecule has 0 bridgehead atoms. The predicted molar refractivity (Wildman–Crippen MR) is 334 cm³/mol. The van der Waals surface area contributed by atoms with Crippen LogP contribution in [0.4, 0.5) is 0 Å². The fraction of sp³-hybridized carbons (Fsp3) is 0.614. The number of hydrogen-bond acceptors (Lipinski definition) is 23. The van der Waals surface area contributed by atoms with Crippen LogP contribution in [0, 0.1) is 0 Å². The Balaban J connectivity index is 1.77. The van der Waals surface area contributed by atoms with Crippen molar-refractivity contribution in [2.45, 2.75) is 183 Å². The van der Waals surface area contributed by atoms with Gasteiger partial charge < -0.3 is 127 Å². The SMILES string of the molecule is C[C@@H](O)[C@H](NC(=O)[C@H](CC(N)=O)NC(=O)[C@@H](NC(=O)[C@H](CCCN=C(N)N)NC(=O)[C@@H]1CCCN1C(=O)[C@H](Cc1ccc(O)cc1)NC(=O)[C@@H](NC(=O)[C@@H](N)CCC(N)=O)[C@@H](C)O)[C@@H](C)O)C(=O)NCC(=O)N[C@@H](CO)C(=O)NCC(=O)N[C@H](C(=O)N1CCC[C@H]1C(=O)O)[C@@H](C)O. The monoisotopic (exact) mass is 1380 g/mol. The van der Waals surface area contributed by atoms with Gasteiger partial charge >= 0.3 is 5.97 Å². The average molecular weight is 1380 g/mol. The molecule has 27 N–H and O–H groups in total. The number of carboxylic acid groups (broad SMARTS) is 1. The fourth-order valence-electron chi connectivity index (χ4n) is 10.0. The number of hydrogen-bond donors (Lipinski definition) is 22. The number of primary amides is 2. The number of nitrogens with two attached hydrogens (primary N) is 5. The minimum atomic E-state index is -2.03. The van der Waals surface area contributed by atoms with Gasteiger partial charge in [0.2, 0.25) is 82.7 Å². The first-order chi connectivity index (χ1) is 45.5. The third kappa shape index (κ3) is 26.3. The molecule has 40 nitrogen and oxygen atoms in total. The third-order valence-electron chi connectivity index (χ3n) is 15.2. The zero-order valence-electron chi connectivity index (χ0n) is 53.8. The van der Waals surface area contributed by atoms with Crippen LogP contribution in [0.2, 0.25) is 0 Å². The van der Waals surface area contributed by atoms with Gasteiger partial charge in [0, 0.05) is 32.5 Å². The highest BCUT2D eigenvalue weighted by Gasteiger charge is 2.43. The largest absolute Gasteiger partial charge is 0.508 e. The van der Waals surface area contributed by atoms with Crippen molar-refractivity contribution in [3.8, 4) is 5.75 Å². The lowest BCUT2D eigenvalue weighted by Crippen LogP contribution is -2.62. The van der Waals surface area contributed by atoms with E-state index in [-0.39, 0.29) is 82.7 Å². The van der Waals surface area contributed by atoms with Gasteiger partial charge in [-0.25, -0.2) is 4.79 Å². The minimum Gasteiger partial charge on any atom is -0.508 e. The maximum Gasteiger partial charge on any atom is 0.326 e. The molecule has 2 heterocycles. The minimum absolute atomic E-state index is 0.0117. The van der Waals surface area contributed by atoms with Gasteiger partial charge in [-0.05, 0) is 90.3 Å². The Bertz CT molecular complexity index is 3020. The molecule has 0 aliphatic carbocycles. The molecule has 2 aliphatic rings. The van der Waals surface area contributed by atoms with Crippen LogP contribution >= 0.6 is 0 Å². The standard InChI is InChI=1S/C57H90N18O22/c1-25(77)42(51(91)65-22-40(84)66-35(24-76)47(87)64-23-41(85)70-45(28(4)80)55(95)75-19-7-10-37(75)56(96)97)72-49(89)33(21-39(60)83)68-52(92)44(27(3)79)73-48(88)32(8-5-17-63-57(61)62)67-50(90)36-9-6-18-74(36)54(94)34(20-29-11-13-30(81)14-12-29)69-53(93)43(26(2)78)71-46(86)31(58)15-16-38(59)82/h11-14,25-28,31-37,42-45,76-81H,5-10,15-24,58H2,1-4H3,(H2,59,82)(H2,60,83)(H,64,87)(H,65,91)(H,66,84)(H,67,90)(H,68,92)(H,69,93)(H,70,85)(H,71,86)(H,72,89)(H,73,88)(H,96,97)(H4,61,62,63)/t25-,26-,27-,28-,31+,32+,33+,34+,35+,36+,37+,42+,43+,44+,45+/m1/s1. The number of amides is 14. The van der Waals surface area contributed by atoms with Crippen molar-refractivity contribution in [1.82, 2.24) is 63.0 Å². The number of carbonyl (C=O) groups is 15. The number of likely N-dealkylation sites (tertiary alicyclic amines) is 2. The second-order valence-corrected chi connectivity index (χ2v) is 23.2. The number of aliphatic hydroxyl groups excluding tert-OH is 5. The average Bonchev–Trinajstić information content (AvgIpc) is 1.75. The van der Waals surface area contributed by atoms with Crippen molar-refractivity contribution in [1.29, 1.82) is 0 Å². The molecule has 1 aromatic carbocycles. The number of nitrogens with one attached hydrogen (secondary N) is 10. The molecule has 14 amide bonds. The molecular weight excluding hydrogens is 1290 g/mol. The zero-order valence-corrected chi connectivity index (χ0v) is 53.8. The number of guanidine groups is 1. The summed E-state index contributed by atoms with van der Waals surface area (Å²) in [6, 6.07) is -12.7. The Morgan fingerprint density at radius 1 is 0.536 bits per heavy atom. The highest BCUT2D eigenvalue weighted by Crippen LogP contribution is 2.23. The van der Waals surface area contributed by atoms with Crippen LogP contribution in [-0.4, -0.2) is 270 Å². The van der Waals surface area contributed by atoms with Gasteiger partial charge in [0.05, 0.1) is 56.6 Å². The van der Waals surface area contributed by atoms with Gasteiger partial charge in [-0.3, -0.25) is 72.1 Å². The summed E-state index contributed by atoms with van der Waals surface area (Å²) in [7, 11) is 0. The fourth-order valence-corrected chi connectivity index (χ4v) is 10.0. The Labute approximate surface area is 555 Å². The topological polar surface area (TPSA) is 667 Å². The Morgan fingerprint density at radius 2 is 1.02 bits per heavy atom. The quantitative estimate of drug-likeness (QED) is 0.0165. The summed E-state index contributed by atoms with van der Waals surface area (Å²) >= 11 is 0. The first-order valence-electron chi connectivity index (χ1n) is 30.8. The molecule has 2 aliphatic heterocycles. The van der Waals surface area contributed by atoms with E-state index in [1.165, 1.54) is 31.2 Å². The smallest absolute Gasteiger partial charge is 0.326 e. The van der Waals surface area contributed by atoms with E-state index >= 15 is 0 Å². The zero-order chi connectivity index (χ0) is 73.1. The lowest BCUT2D eigenvalue weighted by atomic mass is 10.0. The first kappa shape index (κ1) is 81.3. The van der Waals surface area contributed by atoms with E-state index in [4.69, 9.17) is 28.7 Å². The number of phenolic OH excluding ortho intramolecular Hbond substituents is 1. The van der Waals surface area contributed by atoms with Gasteiger partial charge in [0.15, 0.2) is 5.96 Å². The number of benzene rings is 1. The van der Waals surface area contributed by atoms with E-state index in [0.29, 0.717) is 12.0 Å². The number of carbonyl (C=O) groups excluding carboxylic acids is 14. The van der Waals surface area contributed by atoms with Crippen molar-refractivity contribution in [2.75, 3.05) is 39.3 Å². The van der Waals surface area contributed by atoms with E-state index < -0.39 is 206 Å². The first-order valence-corrected chi connectivity index (χ1v) is 30.8. The molecule has 0 unspecified atom stereocenters. The summed E-state index contributed by atoms with van der Waals surface area (Å²) in [5, 5.41) is 93.9. The summed E-state index contributed by atoms with van der Waals surface area (Å²) in [6.45, 7) is 1.25. The molecular formula is C57H90N18O22. The molecule has 0 spiro atoms. The van der Waals surface area contributed by atoms with Crippen LogP contribution in [0.1, 0.15) is 91.0 Å². The van der Waals surface area contributed by atoms with Crippen LogP contribution in [0.25, 0.3) is 0 Å². The molecule has 15 atom stereocenters. The van der Waals surface area contributed by atoms with Crippen LogP contribution in [0.5, 0.6) is 5.75 Å². The number of aliphatic hydroxyl groups is 5. The van der Waals surface area contributed by atoms with Gasteiger partial charge in [-0.1, -0.05) is 12.1 Å². The molecule has 1 aromatic rings. The number of nitrogens with zero attached hydrogens (tertiary/aromatic N) is 3. The highest BCUT2D eigenvalue weighted by molar-refractivity contribution is 6.00. The summed E-state index contributed by atoms with van der Waals surface area (Å²) in [4.78, 5) is 204. The number of aromatic hydroxyl groups is 1. The number of phenols is 1. The molecule has 540 valence electrons. The van der Waals surface area contributed by atoms with E-state index in [2.05, 4.69) is 58.2 Å². The van der Waals surface area contributed by atoms with Crippen LogP contribution < -0.4 is 81.8 Å². The summed E-state index contributed by atoms with van der Waals surface area (Å²) in [6.07, 6.45) is -8.14. The van der Waals surface area contributed by atoms with Gasteiger partial charge in [0.1, 0.15) is 66.2 Å². The summed E-state index contributed by atoms with van der Waals surface area (Å²) < 4.78 is 0. The normalized spacial score (nSPS) is 18.2. The van der Waals surface area contributed by atoms with Gasteiger partial charge in [-0.15, -0.1) is 0 Å². The molecule has 97 heavy (non-hydrogen) atoms. The second kappa shape index (κ2) is 39.2. The number of carboxylic acids is 1. The Kier molecular flexibility index (Phi) is 32.9. The van der Waals surface area contributed by atoms with Crippen LogP contribution in [0.15, 0.2) is 29.3 Å². The van der Waals surface area contributed by atoms with Crippen molar-refractivity contribution < 1.29 is 108 Å². The summed E-state index contributed by atoms with van der Waals surface area (Å²) in [5.74, 6) is -17.0. The molecule has 40 heteroatoms. The lowest BCUT2D eigenvalue weighted by molar-refractivity contribution is -0.150. The molecule has 0 aromatic heterocycles. The Hall–Kier alpha value is -9.90. The van der Waals surface area contributed by atoms with E-state index in [1.54, 1.807) is 0 Å². The molecule has 3 rings (SSSR count). The van der Waals surface area contributed by atoms with E-state index in [1.807, 2.05) is 0 Å². The van der Waals surface area contributed by atoms with E-state index in [0.717, 1.165) is 30.6 Å². The number of aliphatic carboxylic acids is 1. The van der Waals surface area contributed by atoms with Crippen molar-refractivity contribution >= 4 is 94.6 Å². The van der Waals surface area contributed by atoms with Crippen molar-refractivity contribution in [2.24, 2.45) is 33.7 Å². The Morgan fingerprint density at radius 3 is 1.53 bits per heavy atom. The lowest BCUT2D eigenvalue weighted by Gasteiger charge is -2.31. The molecule has 0 saturated carbocycles. The van der Waals surface area contributed by atoms with Crippen LogP contribution in [-0.2, 0) is 78.3 Å². The second-order valence-electron chi connectivity index (χ2n) is 23.2. The highest BCUT2D eigenvalue weighted by atomic mass is 16.4. The molecule has 2 saturated heterocycles.